The molecule has 0 saturated carbocycles. The van der Waals surface area contributed by atoms with Crippen molar-refractivity contribution < 1.29 is 31.3 Å². The van der Waals surface area contributed by atoms with E-state index in [1.165, 1.54) is 41.6 Å². The van der Waals surface area contributed by atoms with Gasteiger partial charge in [0.05, 0.1) is 21.7 Å². The van der Waals surface area contributed by atoms with Crippen molar-refractivity contribution >= 4 is 65.3 Å². The Morgan fingerprint density at radius 2 is 1.68 bits per heavy atom. The summed E-state index contributed by atoms with van der Waals surface area (Å²) in [5, 5.41) is 21.6. The minimum absolute atomic E-state index is 0.0369. The molecule has 0 aromatic heterocycles. The fourth-order valence-electron chi connectivity index (χ4n) is 4.06. The largest absolute Gasteiger partial charge is 0.507 e. The molecule has 0 saturated heterocycles. The van der Waals surface area contributed by atoms with Gasteiger partial charge in [-0.15, -0.1) is 10.2 Å². The maximum Gasteiger partial charge on any atom is 0.294 e. The van der Waals surface area contributed by atoms with Crippen molar-refractivity contribution in [3.05, 3.63) is 72.8 Å². The van der Waals surface area contributed by atoms with E-state index in [9.17, 15) is 31.3 Å². The number of nitrogens with two attached hydrogens (primary N) is 1. The molecular weight excluding hydrogens is 558 g/mol. The van der Waals surface area contributed by atoms with Gasteiger partial charge in [0.1, 0.15) is 22.0 Å². The second kappa shape index (κ2) is 10.9. The Bertz CT molecular complexity index is 1860. The lowest BCUT2D eigenvalue weighted by molar-refractivity contribution is -0.114. The van der Waals surface area contributed by atoms with Gasteiger partial charge in [0.25, 0.3) is 20.1 Å². The van der Waals surface area contributed by atoms with Crippen LogP contribution in [0.3, 0.4) is 0 Å². The van der Waals surface area contributed by atoms with Crippen LogP contribution in [0.5, 0.6) is 5.75 Å². The van der Waals surface area contributed by atoms with Crippen LogP contribution in [0.25, 0.3) is 10.8 Å². The molecule has 0 aliphatic carbocycles. The van der Waals surface area contributed by atoms with Crippen LogP contribution in [0, 0.1) is 0 Å². The summed E-state index contributed by atoms with van der Waals surface area (Å²) in [4.78, 5) is 10.9. The Morgan fingerprint density at radius 1 is 0.975 bits per heavy atom. The predicted molar refractivity (Wildman–Crippen MR) is 151 cm³/mol. The highest BCUT2D eigenvalue weighted by Crippen LogP contribution is 2.41. The number of amides is 1. The lowest BCUT2D eigenvalue weighted by atomic mass is 10.1. The number of anilines is 3. The first-order valence-electron chi connectivity index (χ1n) is 11.8. The molecule has 0 spiro atoms. The number of phenols is 1. The number of para-hydroxylation sites is 1. The van der Waals surface area contributed by atoms with Crippen molar-refractivity contribution in [2.45, 2.75) is 23.6 Å². The second-order valence-corrected chi connectivity index (χ2v) is 11.8. The second-order valence-electron chi connectivity index (χ2n) is 8.59. The van der Waals surface area contributed by atoms with E-state index in [1.54, 1.807) is 37.3 Å². The molecule has 14 heteroatoms. The number of hydrogen-bond acceptors (Lipinski definition) is 9. The topological polar surface area (TPSA) is 192 Å². The summed E-state index contributed by atoms with van der Waals surface area (Å²) in [5.74, 6) is -0.946. The van der Waals surface area contributed by atoms with E-state index in [4.69, 9.17) is 5.73 Å². The highest BCUT2D eigenvalue weighted by molar-refractivity contribution is 7.93. The van der Waals surface area contributed by atoms with E-state index in [1.807, 2.05) is 0 Å². The Balaban J connectivity index is 1.90. The number of nitrogens with zero attached hydrogens (tertiary/aromatic N) is 3. The molecule has 0 aliphatic rings. The van der Waals surface area contributed by atoms with E-state index in [2.05, 4.69) is 15.5 Å². The van der Waals surface area contributed by atoms with Crippen molar-refractivity contribution in [2.75, 3.05) is 21.9 Å². The van der Waals surface area contributed by atoms with Crippen LogP contribution < -0.4 is 15.4 Å². The zero-order chi connectivity index (χ0) is 29.2. The Hall–Kier alpha value is -4.53. The molecular formula is C26H25N5O7S2. The molecule has 0 unspecified atom stereocenters. The van der Waals surface area contributed by atoms with E-state index < -0.39 is 36.7 Å². The summed E-state index contributed by atoms with van der Waals surface area (Å²) in [7, 11) is -8.84. The summed E-state index contributed by atoms with van der Waals surface area (Å²) in [6.07, 6.45) is 0. The molecule has 12 nitrogen and oxygen atoms in total. The quantitative estimate of drug-likeness (QED) is 0.127. The first-order chi connectivity index (χ1) is 18.8. The van der Waals surface area contributed by atoms with Crippen LogP contribution in [0.4, 0.5) is 28.4 Å². The third-order valence-corrected chi connectivity index (χ3v) is 8.57. The van der Waals surface area contributed by atoms with Gasteiger partial charge < -0.3 is 16.2 Å². The van der Waals surface area contributed by atoms with Crippen LogP contribution in [0.2, 0.25) is 0 Å². The van der Waals surface area contributed by atoms with Gasteiger partial charge in [0, 0.05) is 25.2 Å². The molecule has 1 amide bonds. The summed E-state index contributed by atoms with van der Waals surface area (Å²) in [6.45, 7) is 3.05. The SMILES string of the molecule is CCN(c1ccccc1)S(=O)(=O)c1cc(NC(C)=O)ccc1N=Nc1c(N)ccc2cc(S(=O)(=O)O)cc(O)c12. The normalized spacial score (nSPS) is 12.1. The van der Waals surface area contributed by atoms with Crippen molar-refractivity contribution in [1.82, 2.24) is 0 Å². The molecule has 5 N–H and O–H groups in total. The third kappa shape index (κ3) is 5.73. The molecule has 0 heterocycles. The van der Waals surface area contributed by atoms with Gasteiger partial charge in [-0.2, -0.15) is 8.42 Å². The minimum Gasteiger partial charge on any atom is -0.507 e. The van der Waals surface area contributed by atoms with E-state index >= 15 is 0 Å². The maximum atomic E-state index is 13.9. The van der Waals surface area contributed by atoms with Gasteiger partial charge in [0.2, 0.25) is 5.91 Å². The third-order valence-electron chi connectivity index (χ3n) is 5.81. The summed E-state index contributed by atoms with van der Waals surface area (Å²) >= 11 is 0. The molecule has 4 rings (SSSR count). The number of aromatic hydroxyl groups is 1. The molecule has 0 atom stereocenters. The predicted octanol–water partition coefficient (Wildman–Crippen LogP) is 4.96. The van der Waals surface area contributed by atoms with E-state index in [0.717, 1.165) is 12.1 Å². The molecule has 40 heavy (non-hydrogen) atoms. The summed E-state index contributed by atoms with van der Waals surface area (Å²) < 4.78 is 61.5. The van der Waals surface area contributed by atoms with Crippen LogP contribution in [-0.2, 0) is 24.9 Å². The molecule has 4 aromatic rings. The van der Waals surface area contributed by atoms with Gasteiger partial charge in [-0.05, 0) is 54.8 Å². The average molecular weight is 584 g/mol. The summed E-state index contributed by atoms with van der Waals surface area (Å²) in [6, 6.07) is 17.3. The fraction of sp³-hybridized carbons (Fsp3) is 0.115. The lowest BCUT2D eigenvalue weighted by Crippen LogP contribution is -2.30. The van der Waals surface area contributed by atoms with Gasteiger partial charge in [-0.25, -0.2) is 8.42 Å². The van der Waals surface area contributed by atoms with Crippen LogP contribution in [0.1, 0.15) is 13.8 Å². The zero-order valence-corrected chi connectivity index (χ0v) is 22.9. The van der Waals surface area contributed by atoms with E-state index in [-0.39, 0.29) is 45.0 Å². The van der Waals surface area contributed by atoms with Gasteiger partial charge in [0.15, 0.2) is 0 Å². The maximum absolute atomic E-state index is 13.9. The van der Waals surface area contributed by atoms with Crippen molar-refractivity contribution in [3.8, 4) is 5.75 Å². The first-order valence-corrected chi connectivity index (χ1v) is 14.6. The highest BCUT2D eigenvalue weighted by Gasteiger charge is 2.27. The Kier molecular flexibility index (Phi) is 7.77. The molecule has 0 fully saturated rings. The Labute approximate surface area is 230 Å². The smallest absolute Gasteiger partial charge is 0.294 e. The molecule has 208 valence electrons. The average Bonchev–Trinajstić information content (AvgIpc) is 2.88. The lowest BCUT2D eigenvalue weighted by Gasteiger charge is -2.23. The molecule has 0 bridgehead atoms. The number of carbonyl (C=O) groups is 1. The van der Waals surface area contributed by atoms with Crippen LogP contribution >= 0.6 is 0 Å². The number of nitrogens with one attached hydrogen (secondary N) is 1. The zero-order valence-electron chi connectivity index (χ0n) is 21.3. The van der Waals surface area contributed by atoms with E-state index in [0.29, 0.717) is 5.69 Å². The molecule has 0 aliphatic heterocycles. The number of rotatable bonds is 8. The van der Waals surface area contributed by atoms with Gasteiger partial charge >= 0.3 is 0 Å². The summed E-state index contributed by atoms with van der Waals surface area (Å²) in [5.41, 5.74) is 6.63. The van der Waals surface area contributed by atoms with Crippen LogP contribution in [-0.4, -0.2) is 38.9 Å². The van der Waals surface area contributed by atoms with Crippen molar-refractivity contribution in [2.24, 2.45) is 10.2 Å². The number of carbonyl (C=O) groups excluding carboxylic acids is 1. The van der Waals surface area contributed by atoms with Gasteiger partial charge in [-0.3, -0.25) is 13.7 Å². The number of hydrogen-bond donors (Lipinski definition) is 4. The highest BCUT2D eigenvalue weighted by atomic mass is 32.2. The van der Waals surface area contributed by atoms with Gasteiger partial charge in [-0.1, -0.05) is 24.3 Å². The van der Waals surface area contributed by atoms with Crippen molar-refractivity contribution in [1.29, 1.82) is 0 Å². The number of phenolic OH excluding ortho intramolecular Hbond substituents is 1. The molecule has 0 radical (unpaired) electrons. The van der Waals surface area contributed by atoms with Crippen LogP contribution in [0.15, 0.2) is 92.8 Å². The minimum atomic E-state index is -4.61. The first kappa shape index (κ1) is 28.5. The molecule has 4 aromatic carbocycles. The number of fused-ring (bicyclic) bond motifs is 1. The standard InChI is InChI=1S/C26H25N5O7S2/c1-3-31(19-7-5-4-6-8-19)39(34,35)24-14-18(28-16(2)32)10-12-22(24)29-30-26-21(27)11-9-17-13-20(40(36,37)38)15-23(33)25(17)26/h4-15,33H,3,27H2,1-2H3,(H,28,32)(H,36,37,38). The fourth-order valence-corrected chi connectivity index (χ4v) is 6.23. The number of nitrogen functional groups attached to an aromatic ring is 1. The number of azo groups is 1. The van der Waals surface area contributed by atoms with Crippen molar-refractivity contribution in [3.63, 3.8) is 0 Å². The monoisotopic (exact) mass is 583 g/mol. The number of sulfonamides is 1. The Morgan fingerprint density at radius 3 is 2.30 bits per heavy atom. The number of benzene rings is 4.